The minimum Gasteiger partial charge on any atom is -0.352 e. The van der Waals surface area contributed by atoms with Gasteiger partial charge in [-0.1, -0.05) is 42.8 Å². The largest absolute Gasteiger partial charge is 0.352 e. The molecule has 32 heavy (non-hydrogen) atoms. The van der Waals surface area contributed by atoms with E-state index in [9.17, 15) is 19.7 Å². The zero-order valence-corrected chi connectivity index (χ0v) is 20.0. The van der Waals surface area contributed by atoms with Gasteiger partial charge in [0.2, 0.25) is 11.8 Å². The Balaban J connectivity index is 2.05. The first kappa shape index (κ1) is 25.7. The molecule has 2 rings (SSSR count). The summed E-state index contributed by atoms with van der Waals surface area (Å²) in [5.74, 6) is 0.373. The minimum absolute atomic E-state index is 0.0222. The molecule has 2 amide bonds. The smallest absolute Gasteiger partial charge is 0.269 e. The molecular weight excluding hydrogens is 450 g/mol. The normalized spacial score (nSPS) is 12.6. The van der Waals surface area contributed by atoms with Crippen LogP contribution < -0.4 is 5.32 Å². The fraction of sp³-hybridized carbons (Fsp3) is 0.391. The molecular formula is C23H28ClN3O4S. The second kappa shape index (κ2) is 12.5. The van der Waals surface area contributed by atoms with Crippen molar-refractivity contribution < 1.29 is 14.5 Å². The quantitative estimate of drug-likeness (QED) is 0.370. The Hall–Kier alpha value is -2.58. The second-order valence-electron chi connectivity index (χ2n) is 7.56. The number of rotatable bonds is 11. The van der Waals surface area contributed by atoms with Crippen LogP contribution in [0.2, 0.25) is 5.02 Å². The van der Waals surface area contributed by atoms with Gasteiger partial charge in [0, 0.05) is 35.5 Å². The van der Waals surface area contributed by atoms with Crippen LogP contribution in [-0.4, -0.2) is 39.5 Å². The lowest BCUT2D eigenvalue weighted by atomic mass is 10.1. The zero-order chi connectivity index (χ0) is 23.7. The molecule has 0 aliphatic rings. The number of benzene rings is 2. The monoisotopic (exact) mass is 477 g/mol. The number of nitro groups is 1. The molecule has 0 saturated heterocycles. The summed E-state index contributed by atoms with van der Waals surface area (Å²) < 4.78 is 0. The Morgan fingerprint density at radius 2 is 1.69 bits per heavy atom. The molecule has 0 aliphatic carbocycles. The lowest BCUT2D eigenvalue weighted by Gasteiger charge is -2.29. The number of halogens is 1. The predicted molar refractivity (Wildman–Crippen MR) is 129 cm³/mol. The van der Waals surface area contributed by atoms with E-state index in [1.54, 1.807) is 36.1 Å². The topological polar surface area (TPSA) is 92.6 Å². The van der Waals surface area contributed by atoms with Crippen molar-refractivity contribution in [1.29, 1.82) is 0 Å². The fourth-order valence-corrected chi connectivity index (χ4v) is 3.88. The van der Waals surface area contributed by atoms with Crippen LogP contribution in [0.3, 0.4) is 0 Å². The molecule has 2 aromatic carbocycles. The Bertz CT molecular complexity index is 922. The van der Waals surface area contributed by atoms with Crippen molar-refractivity contribution in [2.24, 2.45) is 0 Å². The van der Waals surface area contributed by atoms with Crippen LogP contribution in [0.5, 0.6) is 0 Å². The van der Waals surface area contributed by atoms with Crippen LogP contribution in [0.1, 0.15) is 38.3 Å². The number of nitro benzene ring substituents is 1. The maximum absolute atomic E-state index is 13.1. The third-order valence-corrected chi connectivity index (χ3v) is 6.32. The van der Waals surface area contributed by atoms with Crippen molar-refractivity contribution in [2.45, 2.75) is 51.6 Å². The van der Waals surface area contributed by atoms with Crippen molar-refractivity contribution >= 4 is 40.9 Å². The number of carbonyl (C=O) groups excluding carboxylic acids is 2. The Kier molecular flexibility index (Phi) is 9.99. The predicted octanol–water partition coefficient (Wildman–Crippen LogP) is 4.81. The van der Waals surface area contributed by atoms with Crippen LogP contribution in [0, 0.1) is 10.1 Å². The number of hydrogen-bond acceptors (Lipinski definition) is 5. The summed E-state index contributed by atoms with van der Waals surface area (Å²) in [4.78, 5) is 37.7. The Labute approximate surface area is 197 Å². The van der Waals surface area contributed by atoms with Crippen LogP contribution >= 0.6 is 23.4 Å². The molecule has 0 unspecified atom stereocenters. The molecule has 0 spiro atoms. The van der Waals surface area contributed by atoms with Crippen molar-refractivity contribution in [3.63, 3.8) is 0 Å². The van der Waals surface area contributed by atoms with Gasteiger partial charge in [0.05, 0.1) is 10.7 Å². The molecule has 2 aromatic rings. The molecule has 0 heterocycles. The zero-order valence-electron chi connectivity index (χ0n) is 18.4. The average Bonchev–Trinajstić information content (AvgIpc) is 2.78. The van der Waals surface area contributed by atoms with E-state index in [0.717, 1.165) is 17.5 Å². The third kappa shape index (κ3) is 7.84. The Morgan fingerprint density at radius 3 is 2.25 bits per heavy atom. The highest BCUT2D eigenvalue weighted by atomic mass is 35.5. The Morgan fingerprint density at radius 1 is 1.09 bits per heavy atom. The molecule has 0 bridgehead atoms. The van der Waals surface area contributed by atoms with Gasteiger partial charge in [-0.3, -0.25) is 19.7 Å². The molecule has 1 N–H and O–H groups in total. The van der Waals surface area contributed by atoms with E-state index in [1.165, 1.54) is 23.9 Å². The molecule has 0 aromatic heterocycles. The number of amides is 2. The number of non-ortho nitro benzene ring substituents is 1. The standard InChI is InChI=1S/C23H28ClN3O4S/c1-4-16(2)25-23(29)17(3)26(13-18-5-9-20(24)10-6-18)22(28)15-32-14-19-7-11-21(12-8-19)27(30)31/h5-12,16-17H,4,13-15H2,1-3H3,(H,25,29)/t16-,17-/m1/s1. The van der Waals surface area contributed by atoms with E-state index in [-0.39, 0.29) is 29.3 Å². The summed E-state index contributed by atoms with van der Waals surface area (Å²) in [6.45, 7) is 5.94. The summed E-state index contributed by atoms with van der Waals surface area (Å²) >= 11 is 7.37. The first-order chi connectivity index (χ1) is 15.2. The molecule has 7 nitrogen and oxygen atoms in total. The number of nitrogens with one attached hydrogen (secondary N) is 1. The maximum atomic E-state index is 13.1. The molecule has 0 aliphatic heterocycles. The summed E-state index contributed by atoms with van der Waals surface area (Å²) in [7, 11) is 0. The number of nitrogens with zero attached hydrogens (tertiary/aromatic N) is 2. The van der Waals surface area contributed by atoms with Gasteiger partial charge in [-0.15, -0.1) is 11.8 Å². The molecule has 0 saturated carbocycles. The minimum atomic E-state index is -0.632. The van der Waals surface area contributed by atoms with E-state index in [2.05, 4.69) is 5.32 Å². The van der Waals surface area contributed by atoms with Crippen LogP contribution in [-0.2, 0) is 21.9 Å². The number of thioether (sulfide) groups is 1. The fourth-order valence-electron chi connectivity index (χ4n) is 2.89. The van der Waals surface area contributed by atoms with E-state index in [0.29, 0.717) is 17.3 Å². The highest BCUT2D eigenvalue weighted by molar-refractivity contribution is 7.99. The van der Waals surface area contributed by atoms with Crippen molar-refractivity contribution in [1.82, 2.24) is 10.2 Å². The SMILES string of the molecule is CC[C@@H](C)NC(=O)[C@@H](C)N(Cc1ccc(Cl)cc1)C(=O)CSCc1ccc([N+](=O)[O-])cc1. The maximum Gasteiger partial charge on any atom is 0.269 e. The first-order valence-electron chi connectivity index (χ1n) is 10.4. The van der Waals surface area contributed by atoms with E-state index < -0.39 is 11.0 Å². The van der Waals surface area contributed by atoms with E-state index >= 15 is 0 Å². The van der Waals surface area contributed by atoms with Gasteiger partial charge < -0.3 is 10.2 Å². The molecule has 0 fully saturated rings. The van der Waals surface area contributed by atoms with Crippen molar-refractivity contribution in [3.8, 4) is 0 Å². The summed E-state index contributed by atoms with van der Waals surface area (Å²) in [5.41, 5.74) is 1.80. The molecule has 0 radical (unpaired) electrons. The lowest BCUT2D eigenvalue weighted by molar-refractivity contribution is -0.384. The van der Waals surface area contributed by atoms with Gasteiger partial charge >= 0.3 is 0 Å². The third-order valence-electron chi connectivity index (χ3n) is 5.08. The van der Waals surface area contributed by atoms with Crippen LogP contribution in [0.15, 0.2) is 48.5 Å². The van der Waals surface area contributed by atoms with Gasteiger partial charge in [-0.25, -0.2) is 0 Å². The average molecular weight is 478 g/mol. The molecule has 9 heteroatoms. The van der Waals surface area contributed by atoms with E-state index in [1.807, 2.05) is 26.0 Å². The van der Waals surface area contributed by atoms with Crippen molar-refractivity contribution in [2.75, 3.05) is 5.75 Å². The van der Waals surface area contributed by atoms with Crippen LogP contribution in [0.25, 0.3) is 0 Å². The van der Waals surface area contributed by atoms with Gasteiger partial charge in [0.25, 0.3) is 5.69 Å². The van der Waals surface area contributed by atoms with Gasteiger partial charge in [-0.2, -0.15) is 0 Å². The van der Waals surface area contributed by atoms with Crippen molar-refractivity contribution in [3.05, 3.63) is 74.8 Å². The van der Waals surface area contributed by atoms with Gasteiger partial charge in [0.15, 0.2) is 0 Å². The van der Waals surface area contributed by atoms with Gasteiger partial charge in [-0.05, 0) is 43.5 Å². The van der Waals surface area contributed by atoms with E-state index in [4.69, 9.17) is 11.6 Å². The molecule has 2 atom stereocenters. The van der Waals surface area contributed by atoms with Crippen LogP contribution in [0.4, 0.5) is 5.69 Å². The highest BCUT2D eigenvalue weighted by Crippen LogP contribution is 2.19. The summed E-state index contributed by atoms with van der Waals surface area (Å²) in [6, 6.07) is 12.8. The second-order valence-corrected chi connectivity index (χ2v) is 8.98. The molecule has 172 valence electrons. The number of carbonyl (C=O) groups is 2. The van der Waals surface area contributed by atoms with Gasteiger partial charge in [0.1, 0.15) is 6.04 Å². The highest BCUT2D eigenvalue weighted by Gasteiger charge is 2.26. The lowest BCUT2D eigenvalue weighted by Crippen LogP contribution is -2.50. The summed E-state index contributed by atoms with van der Waals surface area (Å²) in [5, 5.41) is 14.3. The summed E-state index contributed by atoms with van der Waals surface area (Å²) in [6.07, 6.45) is 0.800. The first-order valence-corrected chi connectivity index (χ1v) is 11.9. The number of hydrogen-bond donors (Lipinski definition) is 1.